The normalized spacial score (nSPS) is 23.6. The second-order valence-electron chi connectivity index (χ2n) is 3.92. The molecule has 1 amide bonds. The number of cyclic esters (lactones) is 1. The number of aliphatic carboxylic acids is 1. The first kappa shape index (κ1) is 11.4. The van der Waals surface area contributed by atoms with E-state index in [2.05, 4.69) is 0 Å². The standard InChI is InChI=1S/C11H10FNO4/c1-11(9(14)15)6-17-10(16)13(11)8-5-3-2-4-7(8)12/h2-5H,6H2,1H3,(H,14,15). The Labute approximate surface area is 96.4 Å². The lowest BCUT2D eigenvalue weighted by Crippen LogP contribution is -2.51. The van der Waals surface area contributed by atoms with Crippen molar-refractivity contribution in [2.75, 3.05) is 11.5 Å². The van der Waals surface area contributed by atoms with Crippen molar-refractivity contribution in [1.82, 2.24) is 0 Å². The highest BCUT2D eigenvalue weighted by Crippen LogP contribution is 2.32. The lowest BCUT2D eigenvalue weighted by molar-refractivity contribution is -0.142. The van der Waals surface area contributed by atoms with Gasteiger partial charge in [-0.3, -0.25) is 4.90 Å². The molecular weight excluding hydrogens is 229 g/mol. The number of carbonyl (C=O) groups is 2. The van der Waals surface area contributed by atoms with Crippen molar-refractivity contribution in [3.05, 3.63) is 30.1 Å². The first-order valence-electron chi connectivity index (χ1n) is 4.92. The van der Waals surface area contributed by atoms with Crippen LogP contribution in [0.2, 0.25) is 0 Å². The molecule has 0 bridgehead atoms. The van der Waals surface area contributed by atoms with Gasteiger partial charge in [-0.05, 0) is 19.1 Å². The van der Waals surface area contributed by atoms with Gasteiger partial charge in [-0.15, -0.1) is 0 Å². The summed E-state index contributed by atoms with van der Waals surface area (Å²) in [5.41, 5.74) is -1.68. The molecule has 6 heteroatoms. The zero-order valence-electron chi connectivity index (χ0n) is 9.01. The van der Waals surface area contributed by atoms with E-state index in [1.807, 2.05) is 0 Å². The Kier molecular flexibility index (Phi) is 2.49. The van der Waals surface area contributed by atoms with Crippen LogP contribution in [-0.2, 0) is 9.53 Å². The number of halogens is 1. The van der Waals surface area contributed by atoms with Crippen LogP contribution in [0.3, 0.4) is 0 Å². The van der Waals surface area contributed by atoms with Crippen LogP contribution in [0.25, 0.3) is 0 Å². The van der Waals surface area contributed by atoms with Gasteiger partial charge in [0, 0.05) is 0 Å². The Morgan fingerprint density at radius 1 is 1.53 bits per heavy atom. The molecule has 1 fully saturated rings. The molecule has 1 unspecified atom stereocenters. The summed E-state index contributed by atoms with van der Waals surface area (Å²) in [7, 11) is 0. The fourth-order valence-electron chi connectivity index (χ4n) is 1.69. The summed E-state index contributed by atoms with van der Waals surface area (Å²) in [6.45, 7) is 1.00. The van der Waals surface area contributed by atoms with E-state index in [0.717, 1.165) is 11.0 Å². The third-order valence-electron chi connectivity index (χ3n) is 2.71. The molecule has 0 aliphatic carbocycles. The predicted molar refractivity (Wildman–Crippen MR) is 56.3 cm³/mol. The van der Waals surface area contributed by atoms with Gasteiger partial charge in [-0.25, -0.2) is 14.0 Å². The summed E-state index contributed by atoms with van der Waals surface area (Å²) >= 11 is 0. The highest BCUT2D eigenvalue weighted by Gasteiger charge is 2.51. The Hall–Kier alpha value is -2.11. The van der Waals surface area contributed by atoms with Crippen molar-refractivity contribution in [3.63, 3.8) is 0 Å². The Morgan fingerprint density at radius 3 is 2.76 bits per heavy atom. The number of carboxylic acids is 1. The Bertz CT molecular complexity index is 490. The number of anilines is 1. The largest absolute Gasteiger partial charge is 0.479 e. The highest BCUT2D eigenvalue weighted by atomic mass is 19.1. The van der Waals surface area contributed by atoms with Gasteiger partial charge in [-0.1, -0.05) is 12.1 Å². The SMILES string of the molecule is CC1(C(=O)O)COC(=O)N1c1ccccc1F. The van der Waals surface area contributed by atoms with Crippen LogP contribution in [0.15, 0.2) is 24.3 Å². The molecule has 5 nitrogen and oxygen atoms in total. The monoisotopic (exact) mass is 239 g/mol. The van der Waals surface area contributed by atoms with Crippen LogP contribution in [0.1, 0.15) is 6.92 Å². The summed E-state index contributed by atoms with van der Waals surface area (Å²) < 4.78 is 18.3. The molecule has 1 N–H and O–H groups in total. The fourth-order valence-corrected chi connectivity index (χ4v) is 1.69. The molecule has 1 aliphatic heterocycles. The number of ether oxygens (including phenoxy) is 1. The number of hydrogen-bond donors (Lipinski definition) is 1. The minimum Gasteiger partial charge on any atom is -0.479 e. The molecule has 0 aromatic heterocycles. The van der Waals surface area contributed by atoms with Crippen molar-refractivity contribution in [1.29, 1.82) is 0 Å². The van der Waals surface area contributed by atoms with Gasteiger partial charge in [0.15, 0.2) is 5.54 Å². The van der Waals surface area contributed by atoms with Gasteiger partial charge in [-0.2, -0.15) is 0 Å². The minimum absolute atomic E-state index is 0.0973. The topological polar surface area (TPSA) is 66.8 Å². The zero-order valence-corrected chi connectivity index (χ0v) is 9.01. The number of rotatable bonds is 2. The summed E-state index contributed by atoms with van der Waals surface area (Å²) in [6, 6.07) is 5.47. The van der Waals surface area contributed by atoms with Crippen LogP contribution in [0, 0.1) is 5.82 Å². The Balaban J connectivity index is 2.52. The molecule has 1 aromatic rings. The first-order chi connectivity index (χ1) is 7.97. The summed E-state index contributed by atoms with van der Waals surface area (Å²) in [6.07, 6.45) is -0.861. The third-order valence-corrected chi connectivity index (χ3v) is 2.71. The van der Waals surface area contributed by atoms with E-state index in [1.165, 1.54) is 25.1 Å². The van der Waals surface area contributed by atoms with Gasteiger partial charge < -0.3 is 9.84 Å². The number of hydrogen-bond acceptors (Lipinski definition) is 3. The second-order valence-corrected chi connectivity index (χ2v) is 3.92. The van der Waals surface area contributed by atoms with Crippen LogP contribution < -0.4 is 4.90 Å². The van der Waals surface area contributed by atoms with Crippen LogP contribution in [-0.4, -0.2) is 29.3 Å². The van der Waals surface area contributed by atoms with Gasteiger partial charge >= 0.3 is 12.1 Å². The molecule has 0 spiro atoms. The van der Waals surface area contributed by atoms with E-state index in [1.54, 1.807) is 0 Å². The number of para-hydroxylation sites is 1. The van der Waals surface area contributed by atoms with Crippen LogP contribution >= 0.6 is 0 Å². The fraction of sp³-hybridized carbons (Fsp3) is 0.273. The number of carboxylic acid groups (broad SMARTS) is 1. The molecule has 1 heterocycles. The molecule has 1 atom stereocenters. The molecule has 1 aromatic carbocycles. The van der Waals surface area contributed by atoms with E-state index in [9.17, 15) is 14.0 Å². The number of amides is 1. The van der Waals surface area contributed by atoms with Crippen molar-refractivity contribution in [2.24, 2.45) is 0 Å². The van der Waals surface area contributed by atoms with Crippen molar-refractivity contribution >= 4 is 17.7 Å². The third kappa shape index (κ3) is 1.61. The van der Waals surface area contributed by atoms with Gasteiger partial charge in [0.05, 0.1) is 5.69 Å². The summed E-state index contributed by atoms with van der Waals surface area (Å²) in [4.78, 5) is 23.5. The maximum Gasteiger partial charge on any atom is 0.415 e. The smallest absolute Gasteiger partial charge is 0.415 e. The lowest BCUT2D eigenvalue weighted by Gasteiger charge is -2.27. The quantitative estimate of drug-likeness (QED) is 0.851. The molecular formula is C11H10FNO4. The second kappa shape index (κ2) is 3.73. The molecule has 0 radical (unpaired) electrons. The number of nitrogens with zero attached hydrogens (tertiary/aromatic N) is 1. The van der Waals surface area contributed by atoms with Crippen LogP contribution in [0.5, 0.6) is 0 Å². The maximum absolute atomic E-state index is 13.6. The first-order valence-corrected chi connectivity index (χ1v) is 4.92. The molecule has 17 heavy (non-hydrogen) atoms. The average Bonchev–Trinajstić information content (AvgIpc) is 2.58. The average molecular weight is 239 g/mol. The van der Waals surface area contributed by atoms with Crippen LogP contribution in [0.4, 0.5) is 14.9 Å². The van der Waals surface area contributed by atoms with Gasteiger partial charge in [0.25, 0.3) is 0 Å². The summed E-state index contributed by atoms with van der Waals surface area (Å²) in [5, 5.41) is 9.12. The van der Waals surface area contributed by atoms with E-state index in [4.69, 9.17) is 9.84 Å². The van der Waals surface area contributed by atoms with Gasteiger partial charge in [0.2, 0.25) is 0 Å². The van der Waals surface area contributed by atoms with Crippen molar-refractivity contribution < 1.29 is 23.8 Å². The van der Waals surface area contributed by atoms with E-state index < -0.39 is 23.4 Å². The van der Waals surface area contributed by atoms with Gasteiger partial charge in [0.1, 0.15) is 12.4 Å². The lowest BCUT2D eigenvalue weighted by atomic mass is 10.0. The van der Waals surface area contributed by atoms with E-state index in [-0.39, 0.29) is 12.3 Å². The maximum atomic E-state index is 13.6. The predicted octanol–water partition coefficient (Wildman–Crippen LogP) is 1.63. The van der Waals surface area contributed by atoms with E-state index >= 15 is 0 Å². The summed E-state index contributed by atoms with van der Waals surface area (Å²) in [5.74, 6) is -1.91. The minimum atomic E-state index is -1.58. The highest BCUT2D eigenvalue weighted by molar-refractivity contribution is 6.00. The van der Waals surface area contributed by atoms with Crippen molar-refractivity contribution in [3.8, 4) is 0 Å². The number of benzene rings is 1. The molecule has 0 saturated carbocycles. The molecule has 1 saturated heterocycles. The molecule has 90 valence electrons. The molecule has 1 aliphatic rings. The van der Waals surface area contributed by atoms with Crippen molar-refractivity contribution in [2.45, 2.75) is 12.5 Å². The zero-order chi connectivity index (χ0) is 12.6. The Morgan fingerprint density at radius 2 is 2.18 bits per heavy atom. The molecule has 2 rings (SSSR count). The number of carbonyl (C=O) groups excluding carboxylic acids is 1. The van der Waals surface area contributed by atoms with E-state index in [0.29, 0.717) is 0 Å².